The minimum atomic E-state index is -1.74. The van der Waals surface area contributed by atoms with Gasteiger partial charge >= 0.3 is 17.9 Å². The van der Waals surface area contributed by atoms with Gasteiger partial charge in [-0.05, 0) is 43.3 Å². The summed E-state index contributed by atoms with van der Waals surface area (Å²) < 4.78 is 25.7. The molecule has 45 heavy (non-hydrogen) atoms. The number of hydrogen-bond donors (Lipinski definition) is 1. The molecule has 0 aliphatic carbocycles. The molecule has 1 unspecified atom stereocenters. The topological polar surface area (TPSA) is 158 Å². The minimum absolute atomic E-state index is 0.00220. The van der Waals surface area contributed by atoms with Crippen LogP contribution >= 0.6 is 11.6 Å². The van der Waals surface area contributed by atoms with Crippen LogP contribution in [0.15, 0.2) is 97.3 Å². The minimum Gasteiger partial charge on any atom is -0.459 e. The van der Waals surface area contributed by atoms with E-state index in [4.69, 9.17) is 36.3 Å². The van der Waals surface area contributed by atoms with Crippen molar-refractivity contribution in [1.82, 2.24) is 19.5 Å². The van der Waals surface area contributed by atoms with Gasteiger partial charge in [0.1, 0.15) is 18.2 Å². The Kier molecular flexibility index (Phi) is 8.16. The average molecular weight is 628 g/mol. The maximum Gasteiger partial charge on any atom is 0.338 e. The summed E-state index contributed by atoms with van der Waals surface area (Å²) in [6, 6.07) is 25.0. The number of benzene rings is 3. The zero-order valence-corrected chi connectivity index (χ0v) is 24.5. The second-order valence-corrected chi connectivity index (χ2v) is 10.7. The lowest BCUT2D eigenvalue weighted by Gasteiger charge is -2.34. The number of aromatic nitrogens is 4. The fraction of sp³-hybridized carbons (Fsp3) is 0.188. The number of anilines is 1. The van der Waals surface area contributed by atoms with E-state index in [1.165, 1.54) is 10.9 Å². The third-order valence-electron chi connectivity index (χ3n) is 7.30. The maximum atomic E-state index is 13.6. The van der Waals surface area contributed by atoms with E-state index in [0.29, 0.717) is 5.56 Å². The van der Waals surface area contributed by atoms with Crippen LogP contribution in [-0.4, -0.2) is 61.8 Å². The van der Waals surface area contributed by atoms with Crippen LogP contribution in [0.5, 0.6) is 0 Å². The molecule has 2 N–H and O–H groups in total. The van der Waals surface area contributed by atoms with Crippen molar-refractivity contribution >= 4 is 46.6 Å². The Labute approximate surface area is 261 Å². The lowest BCUT2D eigenvalue weighted by Crippen LogP contribution is -2.50. The number of nitrogens with zero attached hydrogens (tertiary/aromatic N) is 4. The second-order valence-electron chi connectivity index (χ2n) is 10.3. The molecule has 1 aliphatic rings. The first kappa shape index (κ1) is 29.7. The molecule has 3 heterocycles. The van der Waals surface area contributed by atoms with Gasteiger partial charge in [-0.2, -0.15) is 9.97 Å². The zero-order chi connectivity index (χ0) is 31.6. The van der Waals surface area contributed by atoms with Gasteiger partial charge in [0.05, 0.1) is 23.0 Å². The Bertz CT molecular complexity index is 1860. The van der Waals surface area contributed by atoms with Crippen molar-refractivity contribution in [3.8, 4) is 0 Å². The number of halogens is 1. The van der Waals surface area contributed by atoms with Gasteiger partial charge in [0, 0.05) is 0 Å². The lowest BCUT2D eigenvalue weighted by molar-refractivity contribution is -0.108. The van der Waals surface area contributed by atoms with Crippen LogP contribution in [0.3, 0.4) is 0 Å². The molecule has 0 spiro atoms. The molecule has 3 aromatic carbocycles. The van der Waals surface area contributed by atoms with Crippen LogP contribution in [0.1, 0.15) is 44.2 Å². The first-order chi connectivity index (χ1) is 21.7. The molecule has 1 saturated heterocycles. The molecular formula is C32H26ClN5O7. The molecule has 4 atom stereocenters. The highest BCUT2D eigenvalue weighted by Gasteiger charge is 2.60. The molecule has 2 aromatic heterocycles. The Hall–Kier alpha value is -5.33. The van der Waals surface area contributed by atoms with Crippen LogP contribution < -0.4 is 5.73 Å². The largest absolute Gasteiger partial charge is 0.459 e. The van der Waals surface area contributed by atoms with Crippen molar-refractivity contribution in [2.75, 3.05) is 12.3 Å². The number of esters is 3. The monoisotopic (exact) mass is 627 g/mol. The summed E-state index contributed by atoms with van der Waals surface area (Å²) in [5.74, 6) is -2.18. The van der Waals surface area contributed by atoms with Crippen molar-refractivity contribution in [2.24, 2.45) is 0 Å². The number of carbonyl (C=O) groups excluding carboxylic acids is 3. The highest BCUT2D eigenvalue weighted by atomic mass is 35.5. The molecule has 0 saturated carbocycles. The number of hydrogen-bond acceptors (Lipinski definition) is 11. The van der Waals surface area contributed by atoms with Crippen LogP contribution in [0.25, 0.3) is 11.2 Å². The van der Waals surface area contributed by atoms with Gasteiger partial charge in [-0.15, -0.1) is 0 Å². The van der Waals surface area contributed by atoms with Gasteiger partial charge < -0.3 is 24.7 Å². The van der Waals surface area contributed by atoms with Crippen LogP contribution in [0, 0.1) is 0 Å². The summed E-state index contributed by atoms with van der Waals surface area (Å²) in [5.41, 5.74) is 5.35. The summed E-state index contributed by atoms with van der Waals surface area (Å²) in [6.45, 7) is 1.19. The van der Waals surface area contributed by atoms with Crippen molar-refractivity contribution in [2.45, 2.75) is 31.0 Å². The highest BCUT2D eigenvalue weighted by Crippen LogP contribution is 2.45. The van der Waals surface area contributed by atoms with Crippen molar-refractivity contribution in [3.05, 3.63) is 119 Å². The predicted octanol–water partition coefficient (Wildman–Crippen LogP) is 4.66. The average Bonchev–Trinajstić information content (AvgIpc) is 3.59. The molecule has 1 aliphatic heterocycles. The summed E-state index contributed by atoms with van der Waals surface area (Å²) in [4.78, 5) is 52.5. The third kappa shape index (κ3) is 5.93. The van der Waals surface area contributed by atoms with E-state index in [0.717, 1.165) is 0 Å². The quantitative estimate of drug-likeness (QED) is 0.145. The standard InChI is InChI=1S/C32H26ClN5O7/c1-32(45-29(41)21-15-9-4-10-16-21)24(44-28(40)20-13-7-3-8-14-20)22(17-42-27(39)19-11-5-2-6-12-19)43-30(32)38-18-35-23-25(33)36-31(34)37-26(23)38/h2-16,18,22,24,30H,17H2,1H3,(H2,34,36,37)/t22-,24-,30?,32-/m1/s1. The summed E-state index contributed by atoms with van der Waals surface area (Å²) in [6.07, 6.45) is -2.25. The molecular weight excluding hydrogens is 602 g/mol. The van der Waals surface area contributed by atoms with Crippen molar-refractivity contribution in [1.29, 1.82) is 0 Å². The zero-order valence-electron chi connectivity index (χ0n) is 23.8. The third-order valence-corrected chi connectivity index (χ3v) is 7.56. The highest BCUT2D eigenvalue weighted by molar-refractivity contribution is 6.33. The van der Waals surface area contributed by atoms with E-state index in [-0.39, 0.29) is 40.0 Å². The fourth-order valence-electron chi connectivity index (χ4n) is 5.13. The normalized spacial score (nSPS) is 20.9. The Balaban J connectivity index is 1.43. The van der Waals surface area contributed by atoms with Gasteiger partial charge in [-0.25, -0.2) is 19.4 Å². The number of fused-ring (bicyclic) bond motifs is 1. The molecule has 6 rings (SSSR count). The van der Waals surface area contributed by atoms with Crippen molar-refractivity contribution in [3.63, 3.8) is 0 Å². The molecule has 0 radical (unpaired) electrons. The van der Waals surface area contributed by atoms with E-state index in [1.807, 2.05) is 0 Å². The lowest BCUT2D eigenvalue weighted by atomic mass is 9.95. The van der Waals surface area contributed by atoms with Gasteiger partial charge in [0.25, 0.3) is 0 Å². The Morgan fingerprint density at radius 3 is 2.02 bits per heavy atom. The summed E-state index contributed by atoms with van der Waals surface area (Å²) in [5, 5.41) is -0.00220. The SMILES string of the molecule is C[C@]1(OC(=O)c2ccccc2)C(n2cnc3c(Cl)nc(N)nc32)O[C@H](COC(=O)c2ccccc2)[C@H]1OC(=O)c1ccccc1. The molecule has 13 heteroatoms. The smallest absolute Gasteiger partial charge is 0.338 e. The number of carbonyl (C=O) groups is 3. The molecule has 5 aromatic rings. The Morgan fingerprint density at radius 1 is 0.867 bits per heavy atom. The molecule has 12 nitrogen and oxygen atoms in total. The van der Waals surface area contributed by atoms with Gasteiger partial charge in [-0.1, -0.05) is 66.2 Å². The molecule has 1 fully saturated rings. The van der Waals surface area contributed by atoms with Gasteiger partial charge in [0.15, 0.2) is 28.7 Å². The van der Waals surface area contributed by atoms with Crippen LogP contribution in [0.4, 0.5) is 5.95 Å². The van der Waals surface area contributed by atoms with E-state index in [1.54, 1.807) is 97.9 Å². The number of nitrogen functional groups attached to an aromatic ring is 1. The number of ether oxygens (including phenoxy) is 4. The molecule has 0 amide bonds. The number of imidazole rings is 1. The number of nitrogens with two attached hydrogens (primary N) is 1. The molecule has 0 bridgehead atoms. The molecule has 228 valence electrons. The van der Waals surface area contributed by atoms with Crippen LogP contribution in [0.2, 0.25) is 5.15 Å². The fourth-order valence-corrected chi connectivity index (χ4v) is 5.35. The van der Waals surface area contributed by atoms with Gasteiger partial charge in [-0.3, -0.25) is 4.57 Å². The predicted molar refractivity (Wildman–Crippen MR) is 161 cm³/mol. The van der Waals surface area contributed by atoms with Crippen molar-refractivity contribution < 1.29 is 33.3 Å². The van der Waals surface area contributed by atoms with E-state index in [9.17, 15) is 14.4 Å². The summed E-state index contributed by atoms with van der Waals surface area (Å²) >= 11 is 6.29. The first-order valence-corrected chi connectivity index (χ1v) is 14.2. The Morgan fingerprint density at radius 2 is 1.42 bits per heavy atom. The van der Waals surface area contributed by atoms with E-state index in [2.05, 4.69) is 15.0 Å². The number of rotatable bonds is 8. The maximum absolute atomic E-state index is 13.6. The summed E-state index contributed by atoms with van der Waals surface area (Å²) in [7, 11) is 0. The van der Waals surface area contributed by atoms with E-state index >= 15 is 0 Å². The van der Waals surface area contributed by atoms with E-state index < -0.39 is 41.9 Å². The second kappa shape index (κ2) is 12.3. The van der Waals surface area contributed by atoms with Crippen LogP contribution in [-0.2, 0) is 18.9 Å². The first-order valence-electron chi connectivity index (χ1n) is 13.8. The van der Waals surface area contributed by atoms with Gasteiger partial charge in [0.2, 0.25) is 5.95 Å².